The Labute approximate surface area is 168 Å². The van der Waals surface area contributed by atoms with Gasteiger partial charge in [0, 0.05) is 31.6 Å². The molecule has 4 rings (SSSR count). The van der Waals surface area contributed by atoms with E-state index < -0.39 is 9.84 Å². The lowest BCUT2D eigenvalue weighted by molar-refractivity contribution is 0.357. The summed E-state index contributed by atoms with van der Waals surface area (Å²) in [5.41, 5.74) is 3.83. The lowest BCUT2D eigenvalue weighted by Crippen LogP contribution is -2.48. The summed E-state index contributed by atoms with van der Waals surface area (Å²) < 4.78 is 26.6. The van der Waals surface area contributed by atoms with Crippen molar-refractivity contribution in [1.29, 1.82) is 0 Å². The van der Waals surface area contributed by atoms with Gasteiger partial charge in [-0.3, -0.25) is 0 Å². The summed E-state index contributed by atoms with van der Waals surface area (Å²) in [6, 6.07) is 15.9. The zero-order valence-corrected chi connectivity index (χ0v) is 17.3. The van der Waals surface area contributed by atoms with E-state index in [9.17, 15) is 8.42 Å². The monoisotopic (exact) mass is 398 g/mol. The van der Waals surface area contributed by atoms with Gasteiger partial charge in [-0.1, -0.05) is 54.8 Å². The molecule has 1 fully saturated rings. The van der Waals surface area contributed by atoms with Crippen molar-refractivity contribution in [2.24, 2.45) is 0 Å². The van der Waals surface area contributed by atoms with Gasteiger partial charge in [0.05, 0.1) is 10.1 Å². The van der Waals surface area contributed by atoms with Gasteiger partial charge in [-0.05, 0) is 43.0 Å². The van der Waals surface area contributed by atoms with Gasteiger partial charge in [-0.15, -0.1) is 0 Å². The molecule has 0 aromatic heterocycles. The molecule has 3 atom stereocenters. The van der Waals surface area contributed by atoms with Gasteiger partial charge in [0.25, 0.3) is 0 Å². The molecule has 0 spiro atoms. The second-order valence-corrected chi connectivity index (χ2v) is 10.4. The van der Waals surface area contributed by atoms with Gasteiger partial charge < -0.3 is 10.6 Å². The molecule has 2 aliphatic rings. The molecular weight excluding hydrogens is 368 g/mol. The maximum absolute atomic E-state index is 13.3. The van der Waals surface area contributed by atoms with E-state index in [4.69, 9.17) is 0 Å². The van der Waals surface area contributed by atoms with Gasteiger partial charge in [-0.25, -0.2) is 8.42 Å². The van der Waals surface area contributed by atoms with Crippen LogP contribution < -0.4 is 10.6 Å². The van der Waals surface area contributed by atoms with Crippen molar-refractivity contribution in [2.75, 3.05) is 13.1 Å². The van der Waals surface area contributed by atoms with E-state index in [2.05, 4.69) is 34.9 Å². The lowest BCUT2D eigenvalue weighted by atomic mass is 9.89. The normalized spacial score (nSPS) is 25.2. The lowest BCUT2D eigenvalue weighted by Gasteiger charge is -2.34. The average Bonchev–Trinajstić information content (AvgIpc) is 2.73. The standard InChI is InChI=1S/C23H30N2O2S/c1-17-10-12-20(13-11-17)28(26,27)23-9-5-4-8-22(23)25-16-19-15-24-14-18-6-2-3-7-21(18)19/h2-3,6-7,10-13,19,22-25H,4-5,8-9,14-16H2,1H3. The highest BCUT2D eigenvalue weighted by atomic mass is 32.2. The van der Waals surface area contributed by atoms with Crippen molar-refractivity contribution >= 4 is 9.84 Å². The Bertz CT molecular complexity index is 908. The summed E-state index contributed by atoms with van der Waals surface area (Å²) in [5, 5.41) is 6.81. The predicted molar refractivity (Wildman–Crippen MR) is 113 cm³/mol. The summed E-state index contributed by atoms with van der Waals surface area (Å²) in [6.07, 6.45) is 3.75. The van der Waals surface area contributed by atoms with Crippen molar-refractivity contribution in [3.63, 3.8) is 0 Å². The van der Waals surface area contributed by atoms with Crippen molar-refractivity contribution in [1.82, 2.24) is 10.6 Å². The highest BCUT2D eigenvalue weighted by Gasteiger charge is 2.36. The molecule has 0 radical (unpaired) electrons. The molecule has 2 aromatic rings. The molecule has 150 valence electrons. The maximum atomic E-state index is 13.3. The molecule has 0 bridgehead atoms. The molecule has 2 N–H and O–H groups in total. The Morgan fingerprint density at radius 3 is 2.61 bits per heavy atom. The van der Waals surface area contributed by atoms with Crippen molar-refractivity contribution in [3.8, 4) is 0 Å². The molecular formula is C23H30N2O2S. The van der Waals surface area contributed by atoms with Crippen molar-refractivity contribution in [3.05, 3.63) is 65.2 Å². The van der Waals surface area contributed by atoms with Crippen molar-refractivity contribution in [2.45, 2.75) is 61.3 Å². The molecule has 3 unspecified atom stereocenters. The number of hydrogen-bond donors (Lipinski definition) is 2. The highest BCUT2D eigenvalue weighted by molar-refractivity contribution is 7.92. The van der Waals surface area contributed by atoms with E-state index in [-0.39, 0.29) is 11.3 Å². The van der Waals surface area contributed by atoms with Crippen LogP contribution in [0.3, 0.4) is 0 Å². The van der Waals surface area contributed by atoms with E-state index in [1.165, 1.54) is 11.1 Å². The number of sulfone groups is 1. The first-order valence-electron chi connectivity index (χ1n) is 10.4. The molecule has 1 aliphatic carbocycles. The Kier molecular flexibility index (Phi) is 5.85. The van der Waals surface area contributed by atoms with Crippen LogP contribution in [0.25, 0.3) is 0 Å². The molecule has 0 saturated heterocycles. The minimum atomic E-state index is -3.32. The third kappa shape index (κ3) is 4.02. The quantitative estimate of drug-likeness (QED) is 0.809. The van der Waals surface area contributed by atoms with E-state index in [0.29, 0.717) is 10.8 Å². The summed E-state index contributed by atoms with van der Waals surface area (Å²) in [7, 11) is -3.32. The van der Waals surface area contributed by atoms with Crippen LogP contribution in [0.1, 0.15) is 48.3 Å². The Morgan fingerprint density at radius 1 is 1.04 bits per heavy atom. The van der Waals surface area contributed by atoms with Crippen LogP contribution >= 0.6 is 0 Å². The molecule has 4 nitrogen and oxygen atoms in total. The Balaban J connectivity index is 1.50. The number of nitrogens with one attached hydrogen (secondary N) is 2. The van der Waals surface area contributed by atoms with E-state index >= 15 is 0 Å². The first-order valence-corrected chi connectivity index (χ1v) is 11.9. The minimum Gasteiger partial charge on any atom is -0.312 e. The smallest absolute Gasteiger partial charge is 0.182 e. The fourth-order valence-corrected chi connectivity index (χ4v) is 6.67. The maximum Gasteiger partial charge on any atom is 0.182 e. The molecule has 28 heavy (non-hydrogen) atoms. The second-order valence-electron chi connectivity index (χ2n) is 8.22. The zero-order chi connectivity index (χ0) is 19.6. The highest BCUT2D eigenvalue weighted by Crippen LogP contribution is 2.30. The minimum absolute atomic E-state index is 0.0224. The van der Waals surface area contributed by atoms with Crippen LogP contribution in [0.4, 0.5) is 0 Å². The van der Waals surface area contributed by atoms with Gasteiger partial charge in [0.1, 0.15) is 0 Å². The largest absolute Gasteiger partial charge is 0.312 e. The molecule has 2 aromatic carbocycles. The van der Waals surface area contributed by atoms with Gasteiger partial charge in [0.2, 0.25) is 0 Å². The molecule has 5 heteroatoms. The summed E-state index contributed by atoms with van der Waals surface area (Å²) in [4.78, 5) is 0.460. The predicted octanol–water partition coefficient (Wildman–Crippen LogP) is 3.56. The summed E-state index contributed by atoms with van der Waals surface area (Å²) in [6.45, 7) is 4.65. The van der Waals surface area contributed by atoms with E-state index in [1.807, 2.05) is 19.1 Å². The van der Waals surface area contributed by atoms with E-state index in [1.54, 1.807) is 12.1 Å². The summed E-state index contributed by atoms with van der Waals surface area (Å²) >= 11 is 0. The van der Waals surface area contributed by atoms with Crippen LogP contribution in [-0.4, -0.2) is 32.8 Å². The third-order valence-electron chi connectivity index (χ3n) is 6.28. The number of aryl methyl sites for hydroxylation is 1. The van der Waals surface area contributed by atoms with Gasteiger partial charge >= 0.3 is 0 Å². The first kappa shape index (κ1) is 19.6. The number of hydrogen-bond acceptors (Lipinski definition) is 4. The number of rotatable bonds is 5. The molecule has 1 heterocycles. The fourth-order valence-electron chi connectivity index (χ4n) is 4.66. The van der Waals surface area contributed by atoms with Crippen LogP contribution in [-0.2, 0) is 16.4 Å². The van der Waals surface area contributed by atoms with Crippen LogP contribution in [0.5, 0.6) is 0 Å². The SMILES string of the molecule is Cc1ccc(S(=O)(=O)C2CCCCC2NCC2CNCc3ccccc32)cc1. The number of fused-ring (bicyclic) bond motifs is 1. The van der Waals surface area contributed by atoms with E-state index in [0.717, 1.165) is 50.9 Å². The third-order valence-corrected chi connectivity index (χ3v) is 8.57. The Morgan fingerprint density at radius 2 is 1.79 bits per heavy atom. The molecule has 1 saturated carbocycles. The fraction of sp³-hybridized carbons (Fsp3) is 0.478. The van der Waals surface area contributed by atoms with Crippen LogP contribution in [0.2, 0.25) is 0 Å². The van der Waals surface area contributed by atoms with Gasteiger partial charge in [0.15, 0.2) is 9.84 Å². The van der Waals surface area contributed by atoms with Gasteiger partial charge in [-0.2, -0.15) is 0 Å². The van der Waals surface area contributed by atoms with Crippen LogP contribution in [0.15, 0.2) is 53.4 Å². The summed E-state index contributed by atoms with van der Waals surface area (Å²) in [5.74, 6) is 0.384. The first-order chi connectivity index (χ1) is 13.6. The van der Waals surface area contributed by atoms with Crippen molar-refractivity contribution < 1.29 is 8.42 Å². The molecule has 1 aliphatic heterocycles. The number of benzene rings is 2. The Hall–Kier alpha value is -1.69. The zero-order valence-electron chi connectivity index (χ0n) is 16.5. The molecule has 0 amide bonds. The average molecular weight is 399 g/mol. The van der Waals surface area contributed by atoms with Crippen LogP contribution in [0, 0.1) is 6.92 Å². The second kappa shape index (κ2) is 8.36. The topological polar surface area (TPSA) is 58.2 Å².